The third-order valence-corrected chi connectivity index (χ3v) is 3.80. The van der Waals surface area contributed by atoms with Crippen LogP contribution in [0.1, 0.15) is 12.8 Å². The molecule has 0 spiro atoms. The Bertz CT molecular complexity index is 236. The molecule has 2 saturated heterocycles. The van der Waals surface area contributed by atoms with Crippen LogP contribution in [0.25, 0.3) is 0 Å². The van der Waals surface area contributed by atoms with Crippen LogP contribution in [0.5, 0.6) is 0 Å². The van der Waals surface area contributed by atoms with Gasteiger partial charge in [0.2, 0.25) is 5.91 Å². The van der Waals surface area contributed by atoms with Crippen LogP contribution >= 0.6 is 15.9 Å². The summed E-state index contributed by atoms with van der Waals surface area (Å²) in [5.74, 6) is 0.205. The van der Waals surface area contributed by atoms with E-state index in [-0.39, 0.29) is 5.91 Å². The number of nitrogens with zero attached hydrogens (tertiary/aromatic N) is 2. The van der Waals surface area contributed by atoms with Crippen LogP contribution in [0.2, 0.25) is 0 Å². The number of alkyl halides is 1. The van der Waals surface area contributed by atoms with Gasteiger partial charge in [-0.3, -0.25) is 9.69 Å². The van der Waals surface area contributed by atoms with Gasteiger partial charge in [-0.15, -0.1) is 0 Å². The van der Waals surface area contributed by atoms with E-state index in [2.05, 4.69) is 20.8 Å². The maximum atomic E-state index is 11.5. The maximum Gasteiger partial charge on any atom is 0.233 e. The molecule has 0 aromatic rings. The van der Waals surface area contributed by atoms with Crippen LogP contribution in [-0.4, -0.2) is 66.5 Å². The Morgan fingerprint density at radius 1 is 1.31 bits per heavy atom. The summed E-state index contributed by atoms with van der Waals surface area (Å²) in [7, 11) is 0. The van der Waals surface area contributed by atoms with Crippen LogP contribution in [0, 0.1) is 0 Å². The summed E-state index contributed by atoms with van der Waals surface area (Å²) in [5.41, 5.74) is 0. The molecule has 0 aliphatic carbocycles. The highest BCUT2D eigenvalue weighted by Gasteiger charge is 2.24. The number of ether oxygens (including phenoxy) is 1. The Morgan fingerprint density at radius 3 is 2.62 bits per heavy atom. The first-order valence-corrected chi connectivity index (χ1v) is 7.09. The molecule has 0 N–H and O–H groups in total. The van der Waals surface area contributed by atoms with E-state index in [1.165, 1.54) is 12.8 Å². The van der Waals surface area contributed by atoms with Gasteiger partial charge >= 0.3 is 0 Å². The highest BCUT2D eigenvalue weighted by atomic mass is 79.9. The van der Waals surface area contributed by atoms with Crippen LogP contribution in [-0.2, 0) is 9.53 Å². The lowest BCUT2D eigenvalue weighted by molar-refractivity contribution is -0.130. The van der Waals surface area contributed by atoms with Crippen molar-refractivity contribution in [1.29, 1.82) is 0 Å². The first kappa shape index (κ1) is 12.3. The zero-order chi connectivity index (χ0) is 11.4. The fourth-order valence-electron chi connectivity index (χ4n) is 2.34. The molecule has 2 aliphatic heterocycles. The predicted molar refractivity (Wildman–Crippen MR) is 65.8 cm³/mol. The fraction of sp³-hybridized carbons (Fsp3) is 0.909. The van der Waals surface area contributed by atoms with Crippen molar-refractivity contribution < 1.29 is 9.53 Å². The molecule has 2 rings (SSSR count). The largest absolute Gasteiger partial charge is 0.377 e. The van der Waals surface area contributed by atoms with Gasteiger partial charge in [0.1, 0.15) is 0 Å². The third kappa shape index (κ3) is 3.18. The second-order valence-electron chi connectivity index (χ2n) is 4.45. The average Bonchev–Trinajstić information content (AvgIpc) is 2.82. The van der Waals surface area contributed by atoms with Gasteiger partial charge < -0.3 is 9.64 Å². The Hall–Kier alpha value is -0.130. The minimum absolute atomic E-state index is 0.205. The lowest BCUT2D eigenvalue weighted by atomic mass is 10.2. The van der Waals surface area contributed by atoms with Crippen molar-refractivity contribution in [2.24, 2.45) is 0 Å². The first-order chi connectivity index (χ1) is 7.79. The maximum absolute atomic E-state index is 11.5. The molecule has 0 aromatic carbocycles. The van der Waals surface area contributed by atoms with E-state index in [4.69, 9.17) is 4.74 Å². The van der Waals surface area contributed by atoms with Crippen LogP contribution in [0.15, 0.2) is 0 Å². The predicted octanol–water partition coefficient (Wildman–Crippen LogP) is 0.704. The topological polar surface area (TPSA) is 32.8 Å². The normalized spacial score (nSPS) is 27.3. The van der Waals surface area contributed by atoms with E-state index in [0.29, 0.717) is 11.4 Å². The number of carbonyl (C=O) groups excluding carboxylic acids is 1. The lowest BCUT2D eigenvalue weighted by Gasteiger charge is -2.35. The molecule has 1 unspecified atom stereocenters. The van der Waals surface area contributed by atoms with Gasteiger partial charge in [0, 0.05) is 39.3 Å². The summed E-state index contributed by atoms with van der Waals surface area (Å²) in [5, 5.41) is 0.443. The van der Waals surface area contributed by atoms with Crippen molar-refractivity contribution in [3.05, 3.63) is 0 Å². The highest BCUT2D eigenvalue weighted by molar-refractivity contribution is 9.09. The van der Waals surface area contributed by atoms with Crippen molar-refractivity contribution in [3.8, 4) is 0 Å². The summed E-state index contributed by atoms with van der Waals surface area (Å²) in [4.78, 5) is 15.8. The number of hydrogen-bond acceptors (Lipinski definition) is 3. The van der Waals surface area contributed by atoms with Crippen molar-refractivity contribution in [1.82, 2.24) is 9.80 Å². The monoisotopic (exact) mass is 290 g/mol. The molecule has 0 aromatic heterocycles. The second-order valence-corrected chi connectivity index (χ2v) is 5.01. The molecule has 0 radical (unpaired) electrons. The minimum atomic E-state index is 0.205. The Morgan fingerprint density at radius 2 is 2.06 bits per heavy atom. The molecular formula is C11H19BrN2O2. The summed E-state index contributed by atoms with van der Waals surface area (Å²) in [6.07, 6.45) is 2.83. The number of carbonyl (C=O) groups is 1. The van der Waals surface area contributed by atoms with Crippen molar-refractivity contribution in [3.63, 3.8) is 0 Å². The third-order valence-electron chi connectivity index (χ3n) is 3.33. The van der Waals surface area contributed by atoms with Gasteiger partial charge in [-0.05, 0) is 12.8 Å². The van der Waals surface area contributed by atoms with Gasteiger partial charge in [-0.25, -0.2) is 0 Å². The Kier molecular flexibility index (Phi) is 4.61. The molecule has 1 amide bonds. The molecular weight excluding hydrogens is 272 g/mol. The molecule has 0 bridgehead atoms. The Balaban J connectivity index is 1.70. The van der Waals surface area contributed by atoms with E-state index in [9.17, 15) is 4.79 Å². The Labute approximate surface area is 105 Å². The number of rotatable bonds is 3. The zero-order valence-corrected chi connectivity index (χ0v) is 11.1. The number of halogens is 1. The van der Waals surface area contributed by atoms with E-state index in [1.807, 2.05) is 4.90 Å². The quantitative estimate of drug-likeness (QED) is 0.718. The highest BCUT2D eigenvalue weighted by Crippen LogP contribution is 2.14. The summed E-state index contributed by atoms with van der Waals surface area (Å²) < 4.78 is 5.62. The van der Waals surface area contributed by atoms with Gasteiger partial charge in [0.25, 0.3) is 0 Å². The second kappa shape index (κ2) is 5.98. The molecule has 2 aliphatic rings. The molecule has 1 atom stereocenters. The van der Waals surface area contributed by atoms with E-state index in [0.717, 1.165) is 39.3 Å². The molecule has 2 fully saturated rings. The van der Waals surface area contributed by atoms with Crippen molar-refractivity contribution in [2.45, 2.75) is 18.9 Å². The first-order valence-electron chi connectivity index (χ1n) is 5.97. The summed E-state index contributed by atoms with van der Waals surface area (Å²) >= 11 is 3.21. The standard InChI is InChI=1S/C11H19BrN2O2/c12-8-11(15)14-5-3-13(4-6-14)9-10-2-1-7-16-10/h10H,1-9H2. The molecule has 0 saturated carbocycles. The smallest absolute Gasteiger partial charge is 0.233 e. The number of piperazine rings is 1. The van der Waals surface area contributed by atoms with Crippen LogP contribution in [0.4, 0.5) is 0 Å². The van der Waals surface area contributed by atoms with Gasteiger partial charge in [-0.2, -0.15) is 0 Å². The van der Waals surface area contributed by atoms with Gasteiger partial charge in [0.15, 0.2) is 0 Å². The molecule has 16 heavy (non-hydrogen) atoms. The zero-order valence-electron chi connectivity index (χ0n) is 9.53. The minimum Gasteiger partial charge on any atom is -0.377 e. The van der Waals surface area contributed by atoms with Crippen LogP contribution in [0.3, 0.4) is 0 Å². The van der Waals surface area contributed by atoms with Crippen molar-refractivity contribution in [2.75, 3.05) is 44.7 Å². The van der Waals surface area contributed by atoms with Crippen molar-refractivity contribution >= 4 is 21.8 Å². The number of hydrogen-bond donors (Lipinski definition) is 0. The van der Waals surface area contributed by atoms with Gasteiger partial charge in [0.05, 0.1) is 11.4 Å². The number of amides is 1. The molecule has 5 heteroatoms. The molecule has 4 nitrogen and oxygen atoms in total. The molecule has 2 heterocycles. The van der Waals surface area contributed by atoms with E-state index in [1.54, 1.807) is 0 Å². The molecule has 92 valence electrons. The fourth-order valence-corrected chi connectivity index (χ4v) is 2.70. The van der Waals surface area contributed by atoms with E-state index < -0.39 is 0 Å². The summed E-state index contributed by atoms with van der Waals surface area (Å²) in [6.45, 7) is 5.65. The van der Waals surface area contributed by atoms with Crippen LogP contribution < -0.4 is 0 Å². The average molecular weight is 291 g/mol. The lowest BCUT2D eigenvalue weighted by Crippen LogP contribution is -2.50. The SMILES string of the molecule is O=C(CBr)N1CCN(CC2CCCO2)CC1. The van der Waals surface area contributed by atoms with Gasteiger partial charge in [-0.1, -0.05) is 15.9 Å². The summed E-state index contributed by atoms with van der Waals surface area (Å²) in [6, 6.07) is 0. The van der Waals surface area contributed by atoms with E-state index >= 15 is 0 Å².